The Morgan fingerprint density at radius 1 is 1.30 bits per heavy atom. The molecule has 1 aromatic rings. The largest absolute Gasteiger partial charge is 0.461 e. The maximum absolute atomic E-state index is 6.04. The summed E-state index contributed by atoms with van der Waals surface area (Å²) in [6.07, 6.45) is 10.5. The third-order valence-electron chi connectivity index (χ3n) is 4.96. The molecule has 1 heterocycles. The standard InChI is InChI=1S/C18H27NO/c1-13-10-17(13)18-9-8-16(20-18)11-15(12-19-2)14-6-4-3-5-7-14/h8-9,11,13-14,17,19H,3-7,10,12H2,1-2H3/b15-11-. The first kappa shape index (κ1) is 13.9. The van der Waals surface area contributed by atoms with Gasteiger partial charge in [-0.25, -0.2) is 0 Å². The predicted molar refractivity (Wildman–Crippen MR) is 83.7 cm³/mol. The van der Waals surface area contributed by atoms with E-state index < -0.39 is 0 Å². The van der Waals surface area contributed by atoms with Gasteiger partial charge in [0.2, 0.25) is 0 Å². The number of furan rings is 1. The number of rotatable bonds is 5. The molecule has 0 spiro atoms. The molecule has 0 aromatic carbocycles. The SMILES string of the molecule is CNC/C(=C/c1ccc(C2CC2C)o1)C1CCCCC1. The van der Waals surface area contributed by atoms with Gasteiger partial charge < -0.3 is 9.73 Å². The van der Waals surface area contributed by atoms with E-state index in [2.05, 4.69) is 30.4 Å². The van der Waals surface area contributed by atoms with E-state index in [0.717, 1.165) is 24.1 Å². The summed E-state index contributed by atoms with van der Waals surface area (Å²) in [7, 11) is 2.04. The van der Waals surface area contributed by atoms with E-state index in [0.29, 0.717) is 5.92 Å². The van der Waals surface area contributed by atoms with E-state index in [1.807, 2.05) is 7.05 Å². The van der Waals surface area contributed by atoms with Gasteiger partial charge in [-0.05, 0) is 61.9 Å². The third kappa shape index (κ3) is 3.17. The fourth-order valence-corrected chi connectivity index (χ4v) is 3.54. The van der Waals surface area contributed by atoms with E-state index >= 15 is 0 Å². The Labute approximate surface area is 122 Å². The van der Waals surface area contributed by atoms with E-state index in [-0.39, 0.29) is 0 Å². The molecule has 2 unspecified atom stereocenters. The number of hydrogen-bond acceptors (Lipinski definition) is 2. The van der Waals surface area contributed by atoms with Crippen LogP contribution in [0.3, 0.4) is 0 Å². The van der Waals surface area contributed by atoms with Gasteiger partial charge in [0.05, 0.1) is 0 Å². The fraction of sp³-hybridized carbons (Fsp3) is 0.667. The zero-order chi connectivity index (χ0) is 13.9. The highest BCUT2D eigenvalue weighted by atomic mass is 16.3. The molecule has 0 amide bonds. The molecule has 2 atom stereocenters. The van der Waals surface area contributed by atoms with Crippen LogP contribution in [0.2, 0.25) is 0 Å². The average Bonchev–Trinajstić information content (AvgIpc) is 3.02. The second kappa shape index (κ2) is 6.17. The van der Waals surface area contributed by atoms with Crippen molar-refractivity contribution in [1.82, 2.24) is 5.32 Å². The number of nitrogens with one attached hydrogen (secondary N) is 1. The summed E-state index contributed by atoms with van der Waals surface area (Å²) in [5.41, 5.74) is 1.52. The van der Waals surface area contributed by atoms with Crippen molar-refractivity contribution in [2.75, 3.05) is 13.6 Å². The second-order valence-corrected chi connectivity index (χ2v) is 6.64. The molecule has 0 bridgehead atoms. The van der Waals surface area contributed by atoms with Crippen LogP contribution in [0.1, 0.15) is 62.9 Å². The van der Waals surface area contributed by atoms with Crippen molar-refractivity contribution in [2.24, 2.45) is 11.8 Å². The zero-order valence-electron chi connectivity index (χ0n) is 12.8. The van der Waals surface area contributed by atoms with Crippen molar-refractivity contribution in [1.29, 1.82) is 0 Å². The summed E-state index contributed by atoms with van der Waals surface area (Å²) < 4.78 is 6.04. The summed E-state index contributed by atoms with van der Waals surface area (Å²) in [4.78, 5) is 0. The lowest BCUT2D eigenvalue weighted by molar-refractivity contribution is 0.397. The zero-order valence-corrected chi connectivity index (χ0v) is 12.8. The lowest BCUT2D eigenvalue weighted by atomic mass is 9.83. The number of hydrogen-bond donors (Lipinski definition) is 1. The highest BCUT2D eigenvalue weighted by Crippen LogP contribution is 2.47. The van der Waals surface area contributed by atoms with Gasteiger partial charge >= 0.3 is 0 Å². The molecular formula is C18H27NO. The van der Waals surface area contributed by atoms with E-state index in [4.69, 9.17) is 4.42 Å². The minimum atomic E-state index is 0.680. The molecule has 2 aliphatic carbocycles. The molecule has 2 saturated carbocycles. The lowest BCUT2D eigenvalue weighted by Gasteiger charge is -2.24. The normalized spacial score (nSPS) is 27.8. The Hall–Kier alpha value is -1.02. The quantitative estimate of drug-likeness (QED) is 0.849. The molecule has 0 saturated heterocycles. The minimum Gasteiger partial charge on any atom is -0.461 e. The van der Waals surface area contributed by atoms with Crippen molar-refractivity contribution in [3.63, 3.8) is 0 Å². The van der Waals surface area contributed by atoms with Crippen LogP contribution in [0.25, 0.3) is 6.08 Å². The Morgan fingerprint density at radius 3 is 2.70 bits per heavy atom. The van der Waals surface area contributed by atoms with E-state index in [9.17, 15) is 0 Å². The van der Waals surface area contributed by atoms with Crippen molar-refractivity contribution < 1.29 is 4.42 Å². The summed E-state index contributed by atoms with van der Waals surface area (Å²) in [6.45, 7) is 3.29. The van der Waals surface area contributed by atoms with E-state index in [1.54, 1.807) is 0 Å². The topological polar surface area (TPSA) is 25.2 Å². The van der Waals surface area contributed by atoms with Crippen LogP contribution in [0.4, 0.5) is 0 Å². The number of likely N-dealkylation sites (N-methyl/N-ethyl adjacent to an activating group) is 1. The molecule has 2 aliphatic rings. The molecule has 20 heavy (non-hydrogen) atoms. The Bertz CT molecular complexity index is 468. The van der Waals surface area contributed by atoms with Crippen LogP contribution >= 0.6 is 0 Å². The first-order chi connectivity index (χ1) is 9.78. The van der Waals surface area contributed by atoms with Crippen LogP contribution in [0.15, 0.2) is 22.1 Å². The van der Waals surface area contributed by atoms with Gasteiger partial charge in [0.1, 0.15) is 11.5 Å². The third-order valence-corrected chi connectivity index (χ3v) is 4.96. The van der Waals surface area contributed by atoms with Gasteiger partial charge in [0.15, 0.2) is 0 Å². The van der Waals surface area contributed by atoms with E-state index in [1.165, 1.54) is 49.9 Å². The Balaban J connectivity index is 1.73. The van der Waals surface area contributed by atoms with Crippen molar-refractivity contribution in [3.8, 4) is 0 Å². The van der Waals surface area contributed by atoms with Gasteiger partial charge in [-0.15, -0.1) is 0 Å². The van der Waals surface area contributed by atoms with Gasteiger partial charge in [0.25, 0.3) is 0 Å². The van der Waals surface area contributed by atoms with Crippen LogP contribution < -0.4 is 5.32 Å². The molecule has 1 N–H and O–H groups in total. The molecular weight excluding hydrogens is 246 g/mol. The highest BCUT2D eigenvalue weighted by molar-refractivity contribution is 5.49. The Morgan fingerprint density at radius 2 is 2.05 bits per heavy atom. The van der Waals surface area contributed by atoms with Crippen LogP contribution in [0, 0.1) is 11.8 Å². The molecule has 1 aromatic heterocycles. The maximum Gasteiger partial charge on any atom is 0.127 e. The molecule has 2 nitrogen and oxygen atoms in total. The van der Waals surface area contributed by atoms with Crippen molar-refractivity contribution >= 4 is 6.08 Å². The van der Waals surface area contributed by atoms with Gasteiger partial charge in [-0.3, -0.25) is 0 Å². The van der Waals surface area contributed by atoms with Crippen LogP contribution in [-0.2, 0) is 0 Å². The summed E-state index contributed by atoms with van der Waals surface area (Å²) in [5, 5.41) is 3.32. The molecule has 0 radical (unpaired) electrons. The smallest absolute Gasteiger partial charge is 0.127 e. The second-order valence-electron chi connectivity index (χ2n) is 6.64. The first-order valence-corrected chi connectivity index (χ1v) is 8.22. The molecule has 3 rings (SSSR count). The average molecular weight is 273 g/mol. The minimum absolute atomic E-state index is 0.680. The first-order valence-electron chi connectivity index (χ1n) is 8.22. The molecule has 110 valence electrons. The predicted octanol–water partition coefficient (Wildman–Crippen LogP) is 4.59. The summed E-state index contributed by atoms with van der Waals surface area (Å²) in [5.74, 6) is 4.49. The maximum atomic E-state index is 6.04. The lowest BCUT2D eigenvalue weighted by Crippen LogP contribution is -2.19. The molecule has 2 fully saturated rings. The van der Waals surface area contributed by atoms with Gasteiger partial charge in [-0.1, -0.05) is 26.2 Å². The molecule has 0 aliphatic heterocycles. The Kier molecular flexibility index (Phi) is 4.30. The highest BCUT2D eigenvalue weighted by Gasteiger charge is 2.36. The van der Waals surface area contributed by atoms with Crippen LogP contribution in [0.5, 0.6) is 0 Å². The van der Waals surface area contributed by atoms with Crippen molar-refractivity contribution in [2.45, 2.75) is 51.4 Å². The monoisotopic (exact) mass is 273 g/mol. The summed E-state index contributed by atoms with van der Waals surface area (Å²) in [6, 6.07) is 4.33. The van der Waals surface area contributed by atoms with Crippen molar-refractivity contribution in [3.05, 3.63) is 29.2 Å². The van der Waals surface area contributed by atoms with Gasteiger partial charge in [-0.2, -0.15) is 0 Å². The van der Waals surface area contributed by atoms with Crippen LogP contribution in [-0.4, -0.2) is 13.6 Å². The summed E-state index contributed by atoms with van der Waals surface area (Å²) >= 11 is 0. The molecule has 2 heteroatoms. The fourth-order valence-electron chi connectivity index (χ4n) is 3.54. The van der Waals surface area contributed by atoms with Gasteiger partial charge in [0, 0.05) is 12.5 Å².